The van der Waals surface area contributed by atoms with Gasteiger partial charge in [-0.15, -0.1) is 0 Å². The first-order chi connectivity index (χ1) is 25.4. The molecule has 52 heavy (non-hydrogen) atoms. The number of H-pyrrole nitrogens is 1. The minimum Gasteiger partial charge on any atom is -0.508 e. The maximum atomic E-state index is 10.2. The van der Waals surface area contributed by atoms with Crippen LogP contribution in [0.2, 0.25) is 0 Å². The lowest BCUT2D eigenvalue weighted by molar-refractivity contribution is 0.411. The molecule has 0 aliphatic carbocycles. The highest BCUT2D eigenvalue weighted by atomic mass is 16.3. The van der Waals surface area contributed by atoms with Gasteiger partial charge >= 0.3 is 0 Å². The molecular weight excluding hydrogens is 649 g/mol. The van der Waals surface area contributed by atoms with Crippen LogP contribution in [0.1, 0.15) is 53.9 Å². The predicted molar refractivity (Wildman–Crippen MR) is 204 cm³/mol. The van der Waals surface area contributed by atoms with Gasteiger partial charge < -0.3 is 30.7 Å². The summed E-state index contributed by atoms with van der Waals surface area (Å²) in [6, 6.07) is 33.7. The molecular formula is C44H38N4O4. The Bertz CT molecular complexity index is 2420. The standard InChI is InChI=1S/C44H38N4O4/c49-29-9-1-25(2-10-29)41-33-17-19-35(45-33)42(26-3-11-30(50)12-4-26)37-21-23-39(47-37)44(28-7-15-32(52)16-8-28)40-24-22-38(48-40)43(36-20-18-34(41)46-36)27-5-13-31(51)14-6-27/h1-20,37,39-40,44,46-47,49-52H,21-24H2/b41-34-,42-35-,43-36-. The Morgan fingerprint density at radius 3 is 1.75 bits per heavy atom. The van der Waals surface area contributed by atoms with E-state index < -0.39 is 0 Å². The molecule has 258 valence electrons. The molecule has 0 spiro atoms. The molecule has 4 unspecified atom stereocenters. The van der Waals surface area contributed by atoms with Gasteiger partial charge in [0.1, 0.15) is 23.0 Å². The third-order valence-electron chi connectivity index (χ3n) is 10.8. The van der Waals surface area contributed by atoms with E-state index in [0.29, 0.717) is 0 Å². The number of aromatic nitrogens is 1. The number of nitrogens with one attached hydrogen (secondary N) is 2. The summed E-state index contributed by atoms with van der Waals surface area (Å²) in [6.07, 6.45) is 7.59. The molecule has 8 heteroatoms. The number of fused-ring (bicyclic) bond motifs is 6. The van der Waals surface area contributed by atoms with Gasteiger partial charge in [-0.25, -0.2) is 4.99 Å². The van der Waals surface area contributed by atoms with Gasteiger partial charge in [-0.2, -0.15) is 0 Å². The number of hydrogen-bond donors (Lipinski definition) is 6. The Hall–Kier alpha value is -6.12. The van der Waals surface area contributed by atoms with Crippen molar-refractivity contribution in [3.05, 3.63) is 160 Å². The van der Waals surface area contributed by atoms with E-state index in [1.807, 2.05) is 48.5 Å². The molecule has 0 saturated carbocycles. The lowest BCUT2D eigenvalue weighted by Gasteiger charge is -2.29. The summed E-state index contributed by atoms with van der Waals surface area (Å²) < 4.78 is 0. The predicted octanol–water partition coefficient (Wildman–Crippen LogP) is 6.18. The molecule has 1 aromatic heterocycles. The molecule has 1 fully saturated rings. The highest BCUT2D eigenvalue weighted by molar-refractivity contribution is 6.30. The fraction of sp³-hybridized carbons (Fsp3) is 0.182. The summed E-state index contributed by atoms with van der Waals surface area (Å²) in [4.78, 5) is 14.6. The molecule has 1 saturated heterocycles. The van der Waals surface area contributed by atoms with Crippen LogP contribution in [0.4, 0.5) is 0 Å². The van der Waals surface area contributed by atoms with Crippen LogP contribution in [0.5, 0.6) is 23.0 Å². The van der Waals surface area contributed by atoms with E-state index in [1.54, 1.807) is 48.5 Å². The SMILES string of the molecule is Oc1ccc(/C2=C3\C=CC(=N3)/C(c3ccc(O)cc3)=c3/cc/c([nH]3)=C(\c3ccc(O)cc3)C3=NC(CC3)C(c3ccc(O)cc3)C3CCC2N3)cc1. The van der Waals surface area contributed by atoms with Crippen LogP contribution in [0.15, 0.2) is 137 Å². The largest absolute Gasteiger partial charge is 0.508 e. The Balaban J connectivity index is 1.33. The van der Waals surface area contributed by atoms with Gasteiger partial charge in [-0.05, 0) is 121 Å². The zero-order chi connectivity index (χ0) is 35.3. The van der Waals surface area contributed by atoms with Crippen molar-refractivity contribution in [1.29, 1.82) is 0 Å². The second-order valence-corrected chi connectivity index (χ2v) is 14.0. The van der Waals surface area contributed by atoms with Crippen molar-refractivity contribution in [3.63, 3.8) is 0 Å². The van der Waals surface area contributed by atoms with E-state index >= 15 is 0 Å². The summed E-state index contributed by atoms with van der Waals surface area (Å²) in [5.74, 6) is 0.889. The average Bonchev–Trinajstić information content (AvgIpc) is 3.99. The molecule has 5 aromatic rings. The molecule has 4 aliphatic heterocycles. The smallest absolute Gasteiger partial charge is 0.115 e. The van der Waals surface area contributed by atoms with Crippen LogP contribution in [0.25, 0.3) is 16.7 Å². The third kappa shape index (κ3) is 5.81. The highest BCUT2D eigenvalue weighted by Crippen LogP contribution is 2.41. The minimum absolute atomic E-state index is 0.00913. The van der Waals surface area contributed by atoms with Gasteiger partial charge in [0.05, 0.1) is 17.5 Å². The van der Waals surface area contributed by atoms with Crippen LogP contribution in [0.3, 0.4) is 0 Å². The van der Waals surface area contributed by atoms with Crippen LogP contribution in [-0.2, 0) is 0 Å². The second-order valence-electron chi connectivity index (χ2n) is 14.0. The maximum Gasteiger partial charge on any atom is 0.115 e. The highest BCUT2D eigenvalue weighted by Gasteiger charge is 2.40. The number of aliphatic imine (C=N–C) groups is 2. The van der Waals surface area contributed by atoms with E-state index in [4.69, 9.17) is 9.98 Å². The zero-order valence-corrected chi connectivity index (χ0v) is 28.4. The zero-order valence-electron chi connectivity index (χ0n) is 28.4. The molecule has 0 amide bonds. The molecule has 5 heterocycles. The van der Waals surface area contributed by atoms with Gasteiger partial charge in [0.25, 0.3) is 0 Å². The number of hydrogen-bond acceptors (Lipinski definition) is 7. The fourth-order valence-corrected chi connectivity index (χ4v) is 8.45. The summed E-state index contributed by atoms with van der Waals surface area (Å²) in [5, 5.41) is 46.6. The summed E-state index contributed by atoms with van der Waals surface area (Å²) in [5.41, 5.74) is 9.60. The second kappa shape index (κ2) is 12.9. The number of aromatic amines is 1. The molecule has 8 bridgehead atoms. The Morgan fingerprint density at radius 2 is 1.12 bits per heavy atom. The van der Waals surface area contributed by atoms with Gasteiger partial charge in [-0.1, -0.05) is 48.5 Å². The lowest BCUT2D eigenvalue weighted by atomic mass is 9.83. The first kappa shape index (κ1) is 31.8. The van der Waals surface area contributed by atoms with Crippen molar-refractivity contribution in [2.24, 2.45) is 9.98 Å². The Morgan fingerprint density at radius 1 is 0.558 bits per heavy atom. The topological polar surface area (TPSA) is 133 Å². The van der Waals surface area contributed by atoms with Gasteiger partial charge in [0.15, 0.2) is 0 Å². The van der Waals surface area contributed by atoms with Gasteiger partial charge in [0.2, 0.25) is 0 Å². The average molecular weight is 687 g/mol. The van der Waals surface area contributed by atoms with Crippen LogP contribution in [0, 0.1) is 0 Å². The van der Waals surface area contributed by atoms with Crippen molar-refractivity contribution in [2.45, 2.75) is 49.7 Å². The molecule has 0 radical (unpaired) electrons. The Labute approximate surface area is 300 Å². The number of rotatable bonds is 4. The lowest BCUT2D eigenvalue weighted by Crippen LogP contribution is -2.38. The first-order valence-corrected chi connectivity index (χ1v) is 17.8. The van der Waals surface area contributed by atoms with E-state index in [9.17, 15) is 20.4 Å². The quantitative estimate of drug-likeness (QED) is 0.134. The summed E-state index contributed by atoms with van der Waals surface area (Å²) >= 11 is 0. The van der Waals surface area contributed by atoms with Crippen LogP contribution in [-0.4, -0.2) is 55.0 Å². The summed E-state index contributed by atoms with van der Waals surface area (Å²) in [6.45, 7) is 0. The number of allylic oxidation sites excluding steroid dienone is 2. The minimum atomic E-state index is -0.0111. The number of nitrogens with zero attached hydrogens (tertiary/aromatic N) is 2. The normalized spacial score (nSPS) is 26.0. The fourth-order valence-electron chi connectivity index (χ4n) is 8.45. The van der Waals surface area contributed by atoms with Crippen LogP contribution < -0.4 is 16.0 Å². The molecule has 9 rings (SSSR count). The van der Waals surface area contributed by atoms with E-state index in [-0.39, 0.29) is 47.0 Å². The number of benzene rings is 4. The molecule has 4 aromatic carbocycles. The van der Waals surface area contributed by atoms with Crippen molar-refractivity contribution in [1.82, 2.24) is 10.3 Å². The third-order valence-corrected chi connectivity index (χ3v) is 10.8. The van der Waals surface area contributed by atoms with Crippen molar-refractivity contribution < 1.29 is 20.4 Å². The first-order valence-electron chi connectivity index (χ1n) is 17.8. The van der Waals surface area contributed by atoms with E-state index in [1.165, 1.54) is 0 Å². The number of phenolic OH excluding ortho intramolecular Hbond substituents is 4. The van der Waals surface area contributed by atoms with Gasteiger partial charge in [-0.3, -0.25) is 4.99 Å². The maximum absolute atomic E-state index is 10.2. The monoisotopic (exact) mass is 686 g/mol. The Kier molecular flexibility index (Phi) is 7.89. The van der Waals surface area contributed by atoms with E-state index in [2.05, 4.69) is 34.6 Å². The van der Waals surface area contributed by atoms with E-state index in [0.717, 1.165) is 92.5 Å². The van der Waals surface area contributed by atoms with Crippen LogP contribution >= 0.6 is 0 Å². The number of aromatic hydroxyl groups is 4. The van der Waals surface area contributed by atoms with Crippen molar-refractivity contribution >= 4 is 28.1 Å². The van der Waals surface area contributed by atoms with Crippen molar-refractivity contribution in [3.8, 4) is 23.0 Å². The number of phenols is 4. The van der Waals surface area contributed by atoms with Crippen molar-refractivity contribution in [2.75, 3.05) is 0 Å². The molecule has 4 aliphatic rings. The van der Waals surface area contributed by atoms with Gasteiger partial charge in [0, 0.05) is 51.1 Å². The molecule has 8 nitrogen and oxygen atoms in total. The summed E-state index contributed by atoms with van der Waals surface area (Å²) in [7, 11) is 0. The molecule has 6 N–H and O–H groups in total. The molecule has 4 atom stereocenters.